The molecule has 4 rings (SSSR count). The Kier molecular flexibility index (Phi) is 7.66. The van der Waals surface area contributed by atoms with Crippen molar-refractivity contribution >= 4 is 21.4 Å². The first-order valence-electron chi connectivity index (χ1n) is 11.5. The lowest BCUT2D eigenvalue weighted by atomic mass is 10.0. The normalized spacial score (nSPS) is 10.9. The highest BCUT2D eigenvalue weighted by atomic mass is 32.2. The predicted molar refractivity (Wildman–Crippen MR) is 140 cm³/mol. The van der Waals surface area contributed by atoms with Gasteiger partial charge in [-0.2, -0.15) is 5.26 Å². The van der Waals surface area contributed by atoms with Crippen LogP contribution in [0.5, 0.6) is 11.5 Å². The molecular formula is C29H23FN2O4S. The van der Waals surface area contributed by atoms with Gasteiger partial charge in [-0.15, -0.1) is 0 Å². The maximum atomic E-state index is 13.7. The van der Waals surface area contributed by atoms with E-state index in [9.17, 15) is 17.6 Å². The van der Waals surface area contributed by atoms with Crippen molar-refractivity contribution in [1.29, 1.82) is 5.26 Å². The average molecular weight is 515 g/mol. The molecule has 0 aliphatic rings. The first-order chi connectivity index (χ1) is 17.8. The molecule has 1 N–H and O–H groups in total. The van der Waals surface area contributed by atoms with Crippen LogP contribution in [0.2, 0.25) is 0 Å². The highest BCUT2D eigenvalue weighted by Crippen LogP contribution is 2.36. The smallest absolute Gasteiger partial charge is 0.228 e. The second-order valence-electron chi connectivity index (χ2n) is 8.23. The van der Waals surface area contributed by atoms with E-state index in [1.807, 2.05) is 0 Å². The summed E-state index contributed by atoms with van der Waals surface area (Å²) in [5.41, 5.74) is 3.13. The second kappa shape index (κ2) is 11.1. The van der Waals surface area contributed by atoms with Crippen molar-refractivity contribution < 1.29 is 22.3 Å². The third kappa shape index (κ3) is 6.40. The molecule has 0 aliphatic heterocycles. The van der Waals surface area contributed by atoms with Crippen LogP contribution >= 0.6 is 0 Å². The Morgan fingerprint density at radius 2 is 1.70 bits per heavy atom. The molecule has 0 atom stereocenters. The third-order valence-corrected chi connectivity index (χ3v) is 7.39. The molecule has 0 unspecified atom stereocenters. The molecule has 0 aliphatic carbocycles. The molecule has 0 aromatic heterocycles. The molecule has 1 amide bonds. The van der Waals surface area contributed by atoms with Gasteiger partial charge in [0.25, 0.3) is 0 Å². The van der Waals surface area contributed by atoms with Gasteiger partial charge in [-0.25, -0.2) is 12.8 Å². The van der Waals surface area contributed by atoms with E-state index in [4.69, 9.17) is 10.00 Å². The van der Waals surface area contributed by atoms with Gasteiger partial charge in [-0.1, -0.05) is 37.3 Å². The first kappa shape index (κ1) is 25.6. The SMILES string of the molecule is CCS(=O)(=O)c1ccc(CC(=O)Nc2ccc(-c3ccc(C#N)cc3)c(Oc3cccc(F)c3)c2)cc1. The number of benzene rings is 4. The van der Waals surface area contributed by atoms with Gasteiger partial charge in [0, 0.05) is 23.4 Å². The van der Waals surface area contributed by atoms with Crippen molar-refractivity contribution in [2.24, 2.45) is 0 Å². The Morgan fingerprint density at radius 3 is 2.35 bits per heavy atom. The number of anilines is 1. The number of sulfone groups is 1. The van der Waals surface area contributed by atoms with Gasteiger partial charge >= 0.3 is 0 Å². The number of amides is 1. The zero-order valence-electron chi connectivity index (χ0n) is 19.9. The number of carbonyl (C=O) groups is 1. The highest BCUT2D eigenvalue weighted by molar-refractivity contribution is 7.91. The van der Waals surface area contributed by atoms with Crippen molar-refractivity contribution in [3.05, 3.63) is 108 Å². The number of ether oxygens (including phenoxy) is 1. The molecule has 4 aromatic carbocycles. The van der Waals surface area contributed by atoms with Gasteiger partial charge < -0.3 is 10.1 Å². The molecule has 4 aromatic rings. The summed E-state index contributed by atoms with van der Waals surface area (Å²) in [6.07, 6.45) is 0.0455. The number of nitrogens with one attached hydrogen (secondary N) is 1. The molecule has 0 saturated carbocycles. The Balaban J connectivity index is 1.57. The lowest BCUT2D eigenvalue weighted by molar-refractivity contribution is -0.115. The fraction of sp³-hybridized carbons (Fsp3) is 0.103. The maximum Gasteiger partial charge on any atom is 0.228 e. The summed E-state index contributed by atoms with van der Waals surface area (Å²) >= 11 is 0. The van der Waals surface area contributed by atoms with E-state index in [1.165, 1.54) is 30.3 Å². The Bertz CT molecular complexity index is 1580. The van der Waals surface area contributed by atoms with Crippen LogP contribution in [0.15, 0.2) is 95.9 Å². The minimum atomic E-state index is -3.31. The molecule has 186 valence electrons. The Morgan fingerprint density at radius 1 is 0.973 bits per heavy atom. The van der Waals surface area contributed by atoms with E-state index >= 15 is 0 Å². The standard InChI is InChI=1S/C29H23FN2O4S/c1-2-37(34,35)26-13-8-20(9-14-26)16-29(33)32-24-12-15-27(22-10-6-21(19-31)7-11-22)28(18-24)36-25-5-3-4-23(30)17-25/h3-15,17-18H,2,16H2,1H3,(H,32,33). The second-order valence-corrected chi connectivity index (χ2v) is 10.5. The van der Waals surface area contributed by atoms with Crippen LogP contribution in [0, 0.1) is 17.1 Å². The summed E-state index contributed by atoms with van der Waals surface area (Å²) in [5.74, 6) is -0.0537. The van der Waals surface area contributed by atoms with Crippen molar-refractivity contribution in [2.75, 3.05) is 11.1 Å². The van der Waals surface area contributed by atoms with E-state index in [0.29, 0.717) is 33.9 Å². The molecule has 0 saturated heterocycles. The van der Waals surface area contributed by atoms with Crippen molar-refractivity contribution in [3.63, 3.8) is 0 Å². The molecular weight excluding hydrogens is 491 g/mol. The molecule has 8 heteroatoms. The van der Waals surface area contributed by atoms with E-state index < -0.39 is 15.7 Å². The summed E-state index contributed by atoms with van der Waals surface area (Å²) in [6, 6.07) is 26.1. The third-order valence-electron chi connectivity index (χ3n) is 5.64. The number of nitrogens with zero attached hydrogens (tertiary/aromatic N) is 1. The fourth-order valence-electron chi connectivity index (χ4n) is 3.68. The zero-order valence-corrected chi connectivity index (χ0v) is 20.8. The Labute approximate surface area is 214 Å². The van der Waals surface area contributed by atoms with Gasteiger partial charge in [0.05, 0.1) is 28.7 Å². The number of hydrogen-bond donors (Lipinski definition) is 1. The number of halogens is 1. The summed E-state index contributed by atoms with van der Waals surface area (Å²) in [6.45, 7) is 1.58. The van der Waals surface area contributed by atoms with Crippen LogP contribution < -0.4 is 10.1 Å². The highest BCUT2D eigenvalue weighted by Gasteiger charge is 2.14. The summed E-state index contributed by atoms with van der Waals surface area (Å²) in [4.78, 5) is 12.9. The molecule has 37 heavy (non-hydrogen) atoms. The Hall–Kier alpha value is -4.48. The van der Waals surface area contributed by atoms with E-state index in [2.05, 4.69) is 11.4 Å². The summed E-state index contributed by atoms with van der Waals surface area (Å²) in [7, 11) is -3.31. The zero-order chi connectivity index (χ0) is 26.4. The van der Waals surface area contributed by atoms with Gasteiger partial charge in [-0.05, 0) is 59.7 Å². The monoisotopic (exact) mass is 514 g/mol. The van der Waals surface area contributed by atoms with Gasteiger partial charge in [-0.3, -0.25) is 4.79 Å². The first-order valence-corrected chi connectivity index (χ1v) is 13.1. The lowest BCUT2D eigenvalue weighted by Gasteiger charge is -2.14. The van der Waals surface area contributed by atoms with E-state index in [-0.39, 0.29) is 23.0 Å². The number of carbonyl (C=O) groups excluding carboxylic acids is 1. The van der Waals surface area contributed by atoms with Crippen LogP contribution in [0.3, 0.4) is 0 Å². The van der Waals surface area contributed by atoms with Crippen molar-refractivity contribution in [3.8, 4) is 28.7 Å². The van der Waals surface area contributed by atoms with E-state index in [1.54, 1.807) is 67.6 Å². The molecule has 6 nitrogen and oxygen atoms in total. The molecule has 0 bridgehead atoms. The summed E-state index contributed by atoms with van der Waals surface area (Å²) in [5, 5.41) is 11.9. The minimum absolute atomic E-state index is 0.00528. The average Bonchev–Trinajstić information content (AvgIpc) is 2.89. The van der Waals surface area contributed by atoms with Crippen LogP contribution in [0.1, 0.15) is 18.1 Å². The summed E-state index contributed by atoms with van der Waals surface area (Å²) < 4.78 is 43.7. The van der Waals surface area contributed by atoms with Crippen LogP contribution in [0.4, 0.5) is 10.1 Å². The molecule has 0 fully saturated rings. The van der Waals surface area contributed by atoms with Crippen molar-refractivity contribution in [2.45, 2.75) is 18.2 Å². The maximum absolute atomic E-state index is 13.7. The fourth-order valence-corrected chi connectivity index (χ4v) is 4.56. The molecule has 0 heterocycles. The minimum Gasteiger partial charge on any atom is -0.457 e. The quantitative estimate of drug-likeness (QED) is 0.305. The van der Waals surface area contributed by atoms with Crippen LogP contribution in [-0.2, 0) is 21.1 Å². The van der Waals surface area contributed by atoms with Gasteiger partial charge in [0.15, 0.2) is 9.84 Å². The van der Waals surface area contributed by atoms with Gasteiger partial charge in [0.2, 0.25) is 5.91 Å². The lowest BCUT2D eigenvalue weighted by Crippen LogP contribution is -2.14. The topological polar surface area (TPSA) is 96.3 Å². The number of rotatable bonds is 8. The van der Waals surface area contributed by atoms with E-state index in [0.717, 1.165) is 5.56 Å². The van der Waals surface area contributed by atoms with Crippen molar-refractivity contribution in [1.82, 2.24) is 0 Å². The number of nitriles is 1. The molecule has 0 radical (unpaired) electrons. The number of hydrogen-bond acceptors (Lipinski definition) is 5. The van der Waals surface area contributed by atoms with Crippen LogP contribution in [0.25, 0.3) is 11.1 Å². The molecule has 0 spiro atoms. The van der Waals surface area contributed by atoms with Crippen LogP contribution in [-0.4, -0.2) is 20.1 Å². The predicted octanol–water partition coefficient (Wildman–Crippen LogP) is 6.13. The van der Waals surface area contributed by atoms with Gasteiger partial charge in [0.1, 0.15) is 17.3 Å². The largest absolute Gasteiger partial charge is 0.457 e.